The van der Waals surface area contributed by atoms with Gasteiger partial charge in [0.15, 0.2) is 0 Å². The Morgan fingerprint density at radius 2 is 1.65 bits per heavy atom. The number of aliphatic hydroxyl groups excluding tert-OH is 2. The van der Waals surface area contributed by atoms with Crippen molar-refractivity contribution in [2.24, 2.45) is 0 Å². The van der Waals surface area contributed by atoms with Gasteiger partial charge >= 0.3 is 0 Å². The summed E-state index contributed by atoms with van der Waals surface area (Å²) >= 11 is 0. The first kappa shape index (κ1) is 14.6. The Balaban J connectivity index is 2.10. The maximum atomic E-state index is 9.44. The highest BCUT2D eigenvalue weighted by atomic mass is 16.5. The summed E-state index contributed by atoms with van der Waals surface area (Å²) < 4.78 is 5.75. The molecule has 3 heteroatoms. The molecule has 0 unspecified atom stereocenters. The molecule has 3 nitrogen and oxygen atoms in total. The summed E-state index contributed by atoms with van der Waals surface area (Å²) in [6.07, 6.45) is 0. The average molecular weight is 272 g/mol. The smallest absolute Gasteiger partial charge is 0.120 e. The Hall–Kier alpha value is -1.84. The molecule has 0 radical (unpaired) electrons. The van der Waals surface area contributed by atoms with Gasteiger partial charge in [-0.1, -0.05) is 49.4 Å². The Kier molecular flexibility index (Phi) is 4.77. The first-order valence-electron chi connectivity index (χ1n) is 6.67. The maximum absolute atomic E-state index is 9.44. The van der Waals surface area contributed by atoms with Gasteiger partial charge in [0, 0.05) is 5.41 Å². The predicted octanol–water partition coefficient (Wildman–Crippen LogP) is 2.51. The third-order valence-electron chi connectivity index (χ3n) is 3.48. The quantitative estimate of drug-likeness (QED) is 0.849. The second-order valence-electron chi connectivity index (χ2n) is 5.18. The standard InChI is InChI=1S/C17H20O3/c1-17(12-18,13-19)15-8-5-9-16(10-15)20-11-14-6-3-2-4-7-14/h2-10,18-19H,11-13H2,1H3. The molecule has 0 fully saturated rings. The first-order valence-corrected chi connectivity index (χ1v) is 6.67. The van der Waals surface area contributed by atoms with E-state index in [9.17, 15) is 10.2 Å². The van der Waals surface area contributed by atoms with Gasteiger partial charge in [-0.25, -0.2) is 0 Å². The van der Waals surface area contributed by atoms with Crippen LogP contribution in [0, 0.1) is 0 Å². The zero-order valence-corrected chi connectivity index (χ0v) is 11.6. The molecule has 0 aromatic heterocycles. The van der Waals surface area contributed by atoms with Crippen LogP contribution in [0.5, 0.6) is 5.75 Å². The topological polar surface area (TPSA) is 49.7 Å². The lowest BCUT2D eigenvalue weighted by Crippen LogP contribution is -2.30. The zero-order chi connectivity index (χ0) is 14.4. The van der Waals surface area contributed by atoms with Gasteiger partial charge in [0.1, 0.15) is 12.4 Å². The van der Waals surface area contributed by atoms with Crippen LogP contribution in [-0.2, 0) is 12.0 Å². The van der Waals surface area contributed by atoms with Crippen LogP contribution >= 0.6 is 0 Å². The summed E-state index contributed by atoms with van der Waals surface area (Å²) in [7, 11) is 0. The lowest BCUT2D eigenvalue weighted by atomic mass is 9.84. The van der Waals surface area contributed by atoms with Crippen LogP contribution in [0.2, 0.25) is 0 Å². The molecule has 2 rings (SSSR count). The van der Waals surface area contributed by atoms with E-state index in [1.165, 1.54) is 0 Å². The molecule has 0 saturated heterocycles. The molecule has 2 aromatic rings. The third-order valence-corrected chi connectivity index (χ3v) is 3.48. The molecule has 0 amide bonds. The van der Waals surface area contributed by atoms with E-state index in [2.05, 4.69) is 0 Å². The van der Waals surface area contributed by atoms with Crippen LogP contribution in [0.4, 0.5) is 0 Å². The Morgan fingerprint density at radius 1 is 0.950 bits per heavy atom. The minimum absolute atomic E-state index is 0.106. The highest BCUT2D eigenvalue weighted by Crippen LogP contribution is 2.26. The van der Waals surface area contributed by atoms with Crippen molar-refractivity contribution in [3.63, 3.8) is 0 Å². The van der Waals surface area contributed by atoms with Crippen LogP contribution in [0.1, 0.15) is 18.1 Å². The van der Waals surface area contributed by atoms with E-state index in [1.807, 2.05) is 61.5 Å². The van der Waals surface area contributed by atoms with Gasteiger partial charge in [0.2, 0.25) is 0 Å². The first-order chi connectivity index (χ1) is 9.68. The minimum Gasteiger partial charge on any atom is -0.489 e. The van der Waals surface area contributed by atoms with Crippen LogP contribution in [0.25, 0.3) is 0 Å². The van der Waals surface area contributed by atoms with Gasteiger partial charge in [-0.2, -0.15) is 0 Å². The number of aliphatic hydroxyl groups is 2. The fraction of sp³-hybridized carbons (Fsp3) is 0.294. The van der Waals surface area contributed by atoms with E-state index < -0.39 is 5.41 Å². The summed E-state index contributed by atoms with van der Waals surface area (Å²) in [5.74, 6) is 0.736. The molecule has 0 saturated carbocycles. The van der Waals surface area contributed by atoms with Crippen molar-refractivity contribution >= 4 is 0 Å². The Labute approximate surface area is 119 Å². The lowest BCUT2D eigenvalue weighted by Gasteiger charge is -2.25. The molecule has 2 N–H and O–H groups in total. The molecule has 106 valence electrons. The second kappa shape index (κ2) is 6.55. The van der Waals surface area contributed by atoms with Gasteiger partial charge in [-0.3, -0.25) is 0 Å². The van der Waals surface area contributed by atoms with Crippen LogP contribution in [0.3, 0.4) is 0 Å². The van der Waals surface area contributed by atoms with Crippen molar-refractivity contribution in [1.82, 2.24) is 0 Å². The summed E-state index contributed by atoms with van der Waals surface area (Å²) in [6.45, 7) is 2.11. The van der Waals surface area contributed by atoms with Crippen LogP contribution in [-0.4, -0.2) is 23.4 Å². The fourth-order valence-electron chi connectivity index (χ4n) is 1.93. The highest BCUT2D eigenvalue weighted by molar-refractivity contribution is 5.34. The molecule has 0 heterocycles. The molecule has 0 aliphatic heterocycles. The van der Waals surface area contributed by atoms with Crippen molar-refractivity contribution < 1.29 is 14.9 Å². The van der Waals surface area contributed by atoms with Crippen LogP contribution < -0.4 is 4.74 Å². The Bertz CT molecular complexity index is 533. The van der Waals surface area contributed by atoms with E-state index in [1.54, 1.807) is 0 Å². The van der Waals surface area contributed by atoms with Gasteiger partial charge < -0.3 is 14.9 Å². The lowest BCUT2D eigenvalue weighted by molar-refractivity contribution is 0.129. The van der Waals surface area contributed by atoms with Gasteiger partial charge in [0.05, 0.1) is 13.2 Å². The summed E-state index contributed by atoms with van der Waals surface area (Å²) in [6, 6.07) is 17.5. The molecule has 2 aromatic carbocycles. The molecule has 0 aliphatic carbocycles. The van der Waals surface area contributed by atoms with Crippen LogP contribution in [0.15, 0.2) is 54.6 Å². The normalized spacial score (nSPS) is 11.3. The summed E-state index contributed by atoms with van der Waals surface area (Å²) in [5.41, 5.74) is 1.32. The third kappa shape index (κ3) is 3.38. The van der Waals surface area contributed by atoms with Gasteiger partial charge in [-0.15, -0.1) is 0 Å². The van der Waals surface area contributed by atoms with Crippen molar-refractivity contribution in [3.8, 4) is 5.75 Å². The monoisotopic (exact) mass is 272 g/mol. The highest BCUT2D eigenvalue weighted by Gasteiger charge is 2.25. The summed E-state index contributed by atoms with van der Waals surface area (Å²) in [5, 5.41) is 18.9. The van der Waals surface area contributed by atoms with Crippen molar-refractivity contribution in [1.29, 1.82) is 0 Å². The number of rotatable bonds is 6. The zero-order valence-electron chi connectivity index (χ0n) is 11.6. The molecule has 20 heavy (non-hydrogen) atoms. The number of ether oxygens (including phenoxy) is 1. The second-order valence-corrected chi connectivity index (χ2v) is 5.18. The molecule has 0 bridgehead atoms. The fourth-order valence-corrected chi connectivity index (χ4v) is 1.93. The van der Waals surface area contributed by atoms with E-state index in [-0.39, 0.29) is 13.2 Å². The number of hydrogen-bond acceptors (Lipinski definition) is 3. The molecule has 0 spiro atoms. The number of hydrogen-bond donors (Lipinski definition) is 2. The molecular formula is C17H20O3. The van der Waals surface area contributed by atoms with Crippen molar-refractivity contribution in [3.05, 3.63) is 65.7 Å². The largest absolute Gasteiger partial charge is 0.489 e. The van der Waals surface area contributed by atoms with Gasteiger partial charge in [0.25, 0.3) is 0 Å². The molecular weight excluding hydrogens is 252 g/mol. The Morgan fingerprint density at radius 3 is 2.30 bits per heavy atom. The molecule has 0 aliphatic rings. The summed E-state index contributed by atoms with van der Waals surface area (Å²) in [4.78, 5) is 0. The predicted molar refractivity (Wildman–Crippen MR) is 78.7 cm³/mol. The van der Waals surface area contributed by atoms with E-state index in [0.717, 1.165) is 16.9 Å². The van der Waals surface area contributed by atoms with E-state index in [0.29, 0.717) is 6.61 Å². The van der Waals surface area contributed by atoms with Gasteiger partial charge in [-0.05, 0) is 23.3 Å². The SMILES string of the molecule is CC(CO)(CO)c1cccc(OCc2ccccc2)c1. The number of benzene rings is 2. The van der Waals surface area contributed by atoms with Crippen molar-refractivity contribution in [2.45, 2.75) is 18.9 Å². The minimum atomic E-state index is -0.647. The van der Waals surface area contributed by atoms with Crippen molar-refractivity contribution in [2.75, 3.05) is 13.2 Å². The van der Waals surface area contributed by atoms with E-state index >= 15 is 0 Å². The maximum Gasteiger partial charge on any atom is 0.120 e. The molecule has 0 atom stereocenters. The average Bonchev–Trinajstić information content (AvgIpc) is 2.53. The van der Waals surface area contributed by atoms with E-state index in [4.69, 9.17) is 4.74 Å².